The van der Waals surface area contributed by atoms with Gasteiger partial charge in [-0.05, 0) is 30.5 Å². The van der Waals surface area contributed by atoms with Gasteiger partial charge in [0.25, 0.3) is 0 Å². The first kappa shape index (κ1) is 15.8. The van der Waals surface area contributed by atoms with Crippen LogP contribution >= 0.6 is 0 Å². The average molecular weight is 291 g/mol. The zero-order valence-electron chi connectivity index (χ0n) is 12.9. The van der Waals surface area contributed by atoms with Gasteiger partial charge in [0.15, 0.2) is 0 Å². The number of ether oxygens (including phenoxy) is 1. The molecule has 2 rings (SSSR count). The van der Waals surface area contributed by atoms with Crippen LogP contribution in [0.15, 0.2) is 24.3 Å². The van der Waals surface area contributed by atoms with E-state index in [0.717, 1.165) is 31.2 Å². The summed E-state index contributed by atoms with van der Waals surface area (Å²) in [5.41, 5.74) is 0.776. The first-order valence-corrected chi connectivity index (χ1v) is 7.69. The number of hydrogen-bond acceptors (Lipinski definition) is 3. The molecule has 4 nitrogen and oxygen atoms in total. The molecule has 0 heterocycles. The van der Waals surface area contributed by atoms with E-state index in [4.69, 9.17) is 4.74 Å². The highest BCUT2D eigenvalue weighted by Gasteiger charge is 2.25. The van der Waals surface area contributed by atoms with E-state index in [1.54, 1.807) is 19.1 Å². The van der Waals surface area contributed by atoms with Gasteiger partial charge in [0.05, 0.1) is 19.8 Å². The van der Waals surface area contributed by atoms with E-state index < -0.39 is 6.10 Å². The molecule has 0 saturated heterocycles. The fraction of sp³-hybridized carbons (Fsp3) is 0.588. The van der Waals surface area contributed by atoms with E-state index in [9.17, 15) is 9.90 Å². The summed E-state index contributed by atoms with van der Waals surface area (Å²) in [6.07, 6.45) is 4.81. The van der Waals surface area contributed by atoms with Gasteiger partial charge in [-0.2, -0.15) is 0 Å². The van der Waals surface area contributed by atoms with Gasteiger partial charge >= 0.3 is 0 Å². The molecule has 0 bridgehead atoms. The standard InChI is InChI=1S/C17H25NO3/c1-18(17(20)13-7-4-3-5-8-13)12-16(19)14-9-6-10-15(11-14)21-2/h6,9-11,13,16,19H,3-5,7-8,12H2,1-2H3. The SMILES string of the molecule is COc1cccc(C(O)CN(C)C(=O)C2CCCCC2)c1. The van der Waals surface area contributed by atoms with Gasteiger partial charge in [-0.25, -0.2) is 0 Å². The number of aliphatic hydroxyl groups is 1. The Morgan fingerprint density at radius 2 is 2.10 bits per heavy atom. The summed E-state index contributed by atoms with van der Waals surface area (Å²) in [7, 11) is 3.38. The van der Waals surface area contributed by atoms with Crippen molar-refractivity contribution in [3.8, 4) is 5.75 Å². The van der Waals surface area contributed by atoms with Crippen molar-refractivity contribution in [2.45, 2.75) is 38.2 Å². The smallest absolute Gasteiger partial charge is 0.225 e. The average Bonchev–Trinajstić information content (AvgIpc) is 2.54. The molecule has 1 fully saturated rings. The second-order valence-electron chi connectivity index (χ2n) is 5.85. The lowest BCUT2D eigenvalue weighted by Gasteiger charge is -2.28. The van der Waals surface area contributed by atoms with Crippen LogP contribution in [-0.4, -0.2) is 36.6 Å². The Balaban J connectivity index is 1.94. The minimum absolute atomic E-state index is 0.140. The van der Waals surface area contributed by atoms with Gasteiger partial charge in [-0.1, -0.05) is 31.4 Å². The van der Waals surface area contributed by atoms with Crippen LogP contribution in [0.25, 0.3) is 0 Å². The largest absolute Gasteiger partial charge is 0.497 e. The van der Waals surface area contributed by atoms with Crippen molar-refractivity contribution in [3.63, 3.8) is 0 Å². The number of methoxy groups -OCH3 is 1. The van der Waals surface area contributed by atoms with E-state index in [0.29, 0.717) is 12.3 Å². The van der Waals surface area contributed by atoms with Gasteiger partial charge in [0.2, 0.25) is 5.91 Å². The summed E-state index contributed by atoms with van der Waals surface area (Å²) < 4.78 is 5.16. The van der Waals surface area contributed by atoms with Crippen molar-refractivity contribution in [2.75, 3.05) is 20.7 Å². The highest BCUT2D eigenvalue weighted by molar-refractivity contribution is 5.78. The van der Waals surface area contributed by atoms with Crippen LogP contribution in [-0.2, 0) is 4.79 Å². The lowest BCUT2D eigenvalue weighted by Crippen LogP contribution is -2.36. The number of amides is 1. The molecule has 0 radical (unpaired) electrons. The molecule has 0 spiro atoms. The maximum absolute atomic E-state index is 12.4. The highest BCUT2D eigenvalue weighted by atomic mass is 16.5. The van der Waals surface area contributed by atoms with E-state index in [1.807, 2.05) is 24.3 Å². The zero-order chi connectivity index (χ0) is 15.2. The minimum Gasteiger partial charge on any atom is -0.497 e. The third kappa shape index (κ3) is 4.21. The number of hydrogen-bond donors (Lipinski definition) is 1. The number of likely N-dealkylation sites (N-methyl/N-ethyl adjacent to an activating group) is 1. The fourth-order valence-corrected chi connectivity index (χ4v) is 2.96. The second kappa shape index (κ2) is 7.46. The molecule has 1 N–H and O–H groups in total. The number of aliphatic hydroxyl groups excluding tert-OH is 1. The summed E-state index contributed by atoms with van der Waals surface area (Å²) in [6.45, 7) is 0.322. The van der Waals surface area contributed by atoms with Gasteiger partial charge in [-0.15, -0.1) is 0 Å². The molecular weight excluding hydrogens is 266 g/mol. The molecule has 1 atom stereocenters. The normalized spacial score (nSPS) is 17.3. The molecule has 1 amide bonds. The van der Waals surface area contributed by atoms with Crippen molar-refractivity contribution < 1.29 is 14.6 Å². The molecule has 0 aromatic heterocycles. The summed E-state index contributed by atoms with van der Waals surface area (Å²) in [5, 5.41) is 10.3. The first-order chi connectivity index (χ1) is 10.1. The monoisotopic (exact) mass is 291 g/mol. The van der Waals surface area contributed by atoms with Gasteiger partial charge in [0, 0.05) is 13.0 Å². The quantitative estimate of drug-likeness (QED) is 0.907. The first-order valence-electron chi connectivity index (χ1n) is 7.69. The lowest BCUT2D eigenvalue weighted by molar-refractivity contribution is -0.136. The minimum atomic E-state index is -0.683. The molecule has 116 valence electrons. The lowest BCUT2D eigenvalue weighted by atomic mass is 9.88. The zero-order valence-corrected chi connectivity index (χ0v) is 12.9. The Morgan fingerprint density at radius 1 is 1.38 bits per heavy atom. The van der Waals surface area contributed by atoms with E-state index in [-0.39, 0.29) is 11.8 Å². The maximum atomic E-state index is 12.4. The Morgan fingerprint density at radius 3 is 2.76 bits per heavy atom. The Hall–Kier alpha value is -1.55. The topological polar surface area (TPSA) is 49.8 Å². The predicted molar refractivity (Wildman–Crippen MR) is 82.2 cm³/mol. The van der Waals surface area contributed by atoms with E-state index in [2.05, 4.69) is 0 Å². The van der Waals surface area contributed by atoms with Crippen LogP contribution in [0.2, 0.25) is 0 Å². The predicted octanol–water partition coefficient (Wildman–Crippen LogP) is 2.77. The van der Waals surface area contributed by atoms with Crippen LogP contribution in [0.1, 0.15) is 43.8 Å². The van der Waals surface area contributed by atoms with E-state index in [1.165, 1.54) is 6.42 Å². The summed E-state index contributed by atoms with van der Waals surface area (Å²) in [6, 6.07) is 7.35. The molecule has 1 saturated carbocycles. The van der Waals surface area contributed by atoms with Crippen LogP contribution in [0.3, 0.4) is 0 Å². The van der Waals surface area contributed by atoms with Crippen molar-refractivity contribution in [3.05, 3.63) is 29.8 Å². The van der Waals surface area contributed by atoms with Crippen molar-refractivity contribution in [1.29, 1.82) is 0 Å². The van der Waals surface area contributed by atoms with Gasteiger partial charge in [-0.3, -0.25) is 4.79 Å². The van der Waals surface area contributed by atoms with Crippen LogP contribution in [0.4, 0.5) is 0 Å². The third-order valence-electron chi connectivity index (χ3n) is 4.26. The fourth-order valence-electron chi connectivity index (χ4n) is 2.96. The number of carbonyl (C=O) groups excluding carboxylic acids is 1. The number of benzene rings is 1. The Labute approximate surface area is 126 Å². The molecule has 1 unspecified atom stereocenters. The number of nitrogens with zero attached hydrogens (tertiary/aromatic N) is 1. The van der Waals surface area contributed by atoms with Gasteiger partial charge < -0.3 is 14.7 Å². The Kier molecular flexibility index (Phi) is 5.62. The molecule has 1 aliphatic rings. The molecule has 1 aromatic rings. The molecule has 0 aliphatic heterocycles. The second-order valence-corrected chi connectivity index (χ2v) is 5.85. The third-order valence-corrected chi connectivity index (χ3v) is 4.26. The summed E-state index contributed by atoms with van der Waals surface area (Å²) >= 11 is 0. The van der Waals surface area contributed by atoms with Crippen molar-refractivity contribution >= 4 is 5.91 Å². The summed E-state index contributed by atoms with van der Waals surface area (Å²) in [4.78, 5) is 14.0. The van der Waals surface area contributed by atoms with Crippen LogP contribution in [0.5, 0.6) is 5.75 Å². The molecule has 21 heavy (non-hydrogen) atoms. The summed E-state index contributed by atoms with van der Waals surface area (Å²) in [5.74, 6) is 1.02. The van der Waals surface area contributed by atoms with Crippen LogP contribution in [0, 0.1) is 5.92 Å². The maximum Gasteiger partial charge on any atom is 0.225 e. The van der Waals surface area contributed by atoms with Crippen LogP contribution < -0.4 is 4.74 Å². The number of rotatable bonds is 5. The van der Waals surface area contributed by atoms with Crippen molar-refractivity contribution in [1.82, 2.24) is 4.90 Å². The van der Waals surface area contributed by atoms with Gasteiger partial charge in [0.1, 0.15) is 5.75 Å². The highest BCUT2D eigenvalue weighted by Crippen LogP contribution is 2.26. The van der Waals surface area contributed by atoms with E-state index >= 15 is 0 Å². The van der Waals surface area contributed by atoms with Crippen molar-refractivity contribution in [2.24, 2.45) is 5.92 Å². The Bertz CT molecular complexity index is 469. The number of carbonyl (C=O) groups is 1. The molecular formula is C17H25NO3. The molecule has 1 aromatic carbocycles. The molecule has 4 heteroatoms. The molecule has 1 aliphatic carbocycles.